The maximum Gasteiger partial charge on any atom is 0.573 e. The molecular weight excluding hydrogens is 513 g/mol. The molecule has 0 spiro atoms. The molecule has 0 aliphatic rings. The number of fused-ring (bicyclic) bond motifs is 2. The minimum atomic E-state index is -4.78. The van der Waals surface area contributed by atoms with Crippen LogP contribution in [0.3, 0.4) is 0 Å². The number of benzene rings is 2. The molecule has 182 valence electrons. The number of oxazole rings is 1. The number of nitrogens with zero attached hydrogens (tertiary/aromatic N) is 4. The van der Waals surface area contributed by atoms with Gasteiger partial charge in [-0.15, -0.1) is 25.6 Å². The highest BCUT2D eigenvalue weighted by atomic mass is 35.5. The predicted octanol–water partition coefficient (Wildman–Crippen LogP) is 5.44. The van der Waals surface area contributed by atoms with Gasteiger partial charge < -0.3 is 14.1 Å². The number of hydrogen-bond donors (Lipinski definition) is 0. The van der Waals surface area contributed by atoms with Gasteiger partial charge in [-0.05, 0) is 38.4 Å². The van der Waals surface area contributed by atoms with E-state index in [0.717, 1.165) is 11.3 Å². The van der Waals surface area contributed by atoms with E-state index >= 15 is 0 Å². The second-order valence-corrected chi connectivity index (χ2v) is 9.19. The Kier molecular flexibility index (Phi) is 8.29. The molecule has 1 amide bonds. The molecule has 0 bridgehead atoms. The van der Waals surface area contributed by atoms with Crippen molar-refractivity contribution in [1.82, 2.24) is 14.9 Å². The van der Waals surface area contributed by atoms with Crippen molar-refractivity contribution in [2.75, 3.05) is 37.8 Å². The minimum absolute atomic E-state index is 0. The number of anilines is 1. The van der Waals surface area contributed by atoms with E-state index in [-0.39, 0.29) is 29.8 Å². The van der Waals surface area contributed by atoms with Crippen LogP contribution in [0.2, 0.25) is 0 Å². The molecule has 2 aromatic carbocycles. The molecule has 0 aliphatic heterocycles. The van der Waals surface area contributed by atoms with Gasteiger partial charge in [0.15, 0.2) is 10.7 Å². The van der Waals surface area contributed by atoms with Crippen LogP contribution >= 0.6 is 35.5 Å². The third-order valence-corrected chi connectivity index (χ3v) is 6.33. The van der Waals surface area contributed by atoms with Gasteiger partial charge in [0.1, 0.15) is 11.3 Å². The molecule has 0 N–H and O–H groups in total. The lowest BCUT2D eigenvalue weighted by Crippen LogP contribution is -2.37. The van der Waals surface area contributed by atoms with Crippen molar-refractivity contribution >= 4 is 67.9 Å². The summed E-state index contributed by atoms with van der Waals surface area (Å²) in [4.78, 5) is 25.4. The third-order valence-electron chi connectivity index (χ3n) is 4.48. The molecule has 0 radical (unpaired) electrons. The van der Waals surface area contributed by atoms with E-state index in [0.29, 0.717) is 44.8 Å². The van der Waals surface area contributed by atoms with Crippen LogP contribution in [0.4, 0.5) is 18.3 Å². The van der Waals surface area contributed by atoms with Crippen molar-refractivity contribution < 1.29 is 27.1 Å². The van der Waals surface area contributed by atoms with Crippen molar-refractivity contribution in [3.05, 3.63) is 42.5 Å². The highest BCUT2D eigenvalue weighted by molar-refractivity contribution is 7.99. The molecule has 34 heavy (non-hydrogen) atoms. The van der Waals surface area contributed by atoms with Gasteiger partial charge in [0.2, 0.25) is 5.91 Å². The lowest BCUT2D eigenvalue weighted by atomic mass is 10.3. The fourth-order valence-corrected chi connectivity index (χ4v) is 4.70. The minimum Gasteiger partial charge on any atom is -0.431 e. The van der Waals surface area contributed by atoms with Gasteiger partial charge in [-0.2, -0.15) is 0 Å². The summed E-state index contributed by atoms with van der Waals surface area (Å²) in [5.74, 6) is -0.476. The average molecular weight is 533 g/mol. The number of rotatable bonds is 8. The number of amides is 1. The zero-order valence-corrected chi connectivity index (χ0v) is 20.5. The number of para-hydroxylation sites is 2. The molecule has 13 heteroatoms. The van der Waals surface area contributed by atoms with Gasteiger partial charge in [0, 0.05) is 19.2 Å². The maximum absolute atomic E-state index is 13.1. The maximum atomic E-state index is 13.1. The van der Waals surface area contributed by atoms with Crippen LogP contribution in [0.15, 0.2) is 52.1 Å². The van der Waals surface area contributed by atoms with Crippen molar-refractivity contribution in [3.63, 3.8) is 0 Å². The smallest absolute Gasteiger partial charge is 0.431 e. The molecule has 2 aromatic heterocycles. The Morgan fingerprint density at radius 2 is 1.88 bits per heavy atom. The van der Waals surface area contributed by atoms with E-state index in [1.54, 1.807) is 6.07 Å². The standard InChI is InChI=1S/C21H19F3N4O3S2.ClH/c1-27(2)9-10-28(18(29)12-32-20-26-14-5-3-4-6-16(14)30-20)19-25-15-8-7-13(11-17(15)33-19)31-21(22,23)24;/h3-8,11H,9-10,12H2,1-2H3;1H. The molecule has 0 atom stereocenters. The van der Waals surface area contributed by atoms with Gasteiger partial charge >= 0.3 is 6.36 Å². The number of ether oxygens (including phenoxy) is 1. The molecule has 0 saturated heterocycles. The first-order chi connectivity index (χ1) is 15.7. The van der Waals surface area contributed by atoms with Crippen LogP contribution < -0.4 is 9.64 Å². The Bertz CT molecular complexity index is 1250. The summed E-state index contributed by atoms with van der Waals surface area (Å²) in [6.07, 6.45) is -4.78. The Hall–Kier alpha value is -2.54. The number of halogens is 4. The van der Waals surface area contributed by atoms with Crippen molar-refractivity contribution in [2.24, 2.45) is 0 Å². The van der Waals surface area contributed by atoms with E-state index in [4.69, 9.17) is 4.42 Å². The van der Waals surface area contributed by atoms with Gasteiger partial charge in [-0.3, -0.25) is 9.69 Å². The average Bonchev–Trinajstić information content (AvgIpc) is 3.34. The first kappa shape index (κ1) is 26.1. The van der Waals surface area contributed by atoms with Gasteiger partial charge in [0.25, 0.3) is 5.22 Å². The molecule has 7 nitrogen and oxygen atoms in total. The second kappa shape index (κ2) is 10.8. The fourth-order valence-electron chi connectivity index (χ4n) is 2.95. The fraction of sp³-hybridized carbons (Fsp3) is 0.286. The second-order valence-electron chi connectivity index (χ2n) is 7.26. The summed E-state index contributed by atoms with van der Waals surface area (Å²) in [7, 11) is 3.77. The summed E-state index contributed by atoms with van der Waals surface area (Å²) >= 11 is 2.31. The first-order valence-corrected chi connectivity index (χ1v) is 11.6. The number of carbonyl (C=O) groups excluding carboxylic acids is 1. The zero-order valence-electron chi connectivity index (χ0n) is 18.0. The Labute approximate surface area is 207 Å². The monoisotopic (exact) mass is 532 g/mol. The normalized spacial score (nSPS) is 11.7. The summed E-state index contributed by atoms with van der Waals surface area (Å²) in [5, 5.41) is 0.787. The number of hydrogen-bond acceptors (Lipinski definition) is 8. The number of thiazole rings is 1. The van der Waals surface area contributed by atoms with E-state index in [1.807, 2.05) is 37.2 Å². The van der Waals surface area contributed by atoms with Crippen LogP contribution in [0, 0.1) is 0 Å². The summed E-state index contributed by atoms with van der Waals surface area (Å²) < 4.78 is 47.8. The predicted molar refractivity (Wildman–Crippen MR) is 129 cm³/mol. The van der Waals surface area contributed by atoms with E-state index < -0.39 is 6.36 Å². The Morgan fingerprint density at radius 1 is 1.12 bits per heavy atom. The lowest BCUT2D eigenvalue weighted by molar-refractivity contribution is -0.274. The number of aromatic nitrogens is 2. The van der Waals surface area contributed by atoms with E-state index in [2.05, 4.69) is 14.7 Å². The van der Waals surface area contributed by atoms with Crippen LogP contribution in [0.1, 0.15) is 0 Å². The Balaban J connectivity index is 0.00000324. The molecular formula is C21H20ClF3N4O3S2. The number of alkyl halides is 3. The van der Waals surface area contributed by atoms with Crippen LogP contribution in [0.5, 0.6) is 5.75 Å². The SMILES string of the molecule is CN(C)CCN(C(=O)CSc1nc2ccccc2o1)c1nc2ccc(OC(F)(F)F)cc2s1.Cl. The molecule has 4 aromatic rings. The van der Waals surface area contributed by atoms with Crippen molar-refractivity contribution in [1.29, 1.82) is 0 Å². The molecule has 0 fully saturated rings. The van der Waals surface area contributed by atoms with E-state index in [9.17, 15) is 18.0 Å². The van der Waals surface area contributed by atoms with Gasteiger partial charge in [-0.25, -0.2) is 9.97 Å². The Morgan fingerprint density at radius 3 is 2.59 bits per heavy atom. The zero-order chi connectivity index (χ0) is 23.6. The number of thioether (sulfide) groups is 1. The number of likely N-dealkylation sites (N-methyl/N-ethyl adjacent to an activating group) is 1. The quantitative estimate of drug-likeness (QED) is 0.280. The molecule has 0 aliphatic carbocycles. The summed E-state index contributed by atoms with van der Waals surface area (Å²) in [5.41, 5.74) is 1.83. The number of carbonyl (C=O) groups is 1. The van der Waals surface area contributed by atoms with Crippen LogP contribution in [-0.4, -0.2) is 60.1 Å². The highest BCUT2D eigenvalue weighted by Gasteiger charge is 2.31. The van der Waals surface area contributed by atoms with Crippen molar-refractivity contribution in [3.8, 4) is 5.75 Å². The third kappa shape index (κ3) is 6.53. The molecule has 4 rings (SSSR count). The van der Waals surface area contributed by atoms with Crippen LogP contribution in [0.25, 0.3) is 21.3 Å². The topological polar surface area (TPSA) is 71.7 Å². The van der Waals surface area contributed by atoms with Crippen LogP contribution in [-0.2, 0) is 4.79 Å². The highest BCUT2D eigenvalue weighted by Crippen LogP contribution is 2.34. The summed E-state index contributed by atoms with van der Waals surface area (Å²) in [6, 6.07) is 11.2. The molecule has 0 saturated carbocycles. The van der Waals surface area contributed by atoms with Gasteiger partial charge in [0.05, 0.1) is 16.0 Å². The lowest BCUT2D eigenvalue weighted by Gasteiger charge is -2.21. The largest absolute Gasteiger partial charge is 0.573 e. The van der Waals surface area contributed by atoms with E-state index in [1.165, 1.54) is 34.9 Å². The molecule has 0 unspecified atom stereocenters. The molecule has 2 heterocycles. The summed E-state index contributed by atoms with van der Waals surface area (Å²) in [6.45, 7) is 0.948. The van der Waals surface area contributed by atoms with Gasteiger partial charge in [-0.1, -0.05) is 35.2 Å². The first-order valence-electron chi connectivity index (χ1n) is 9.78. The van der Waals surface area contributed by atoms with Crippen molar-refractivity contribution in [2.45, 2.75) is 11.6 Å².